The molecule has 3 aromatic rings. The highest BCUT2D eigenvalue weighted by atomic mass is 16.2. The summed E-state index contributed by atoms with van der Waals surface area (Å²) in [5.41, 5.74) is 0.919. The molecule has 0 aliphatic carbocycles. The molecule has 0 atom stereocenters. The van der Waals surface area contributed by atoms with Gasteiger partial charge in [-0.05, 0) is 25.0 Å². The fourth-order valence-electron chi connectivity index (χ4n) is 3.88. The highest BCUT2D eigenvalue weighted by Crippen LogP contribution is 2.15. The first kappa shape index (κ1) is 24.4. The summed E-state index contributed by atoms with van der Waals surface area (Å²) in [5, 5.41) is 2.93. The Bertz CT molecular complexity index is 1160. The summed E-state index contributed by atoms with van der Waals surface area (Å²) < 4.78 is 3.44. The fraction of sp³-hybridized carbons (Fsp3) is 0.542. The first-order valence-electron chi connectivity index (χ1n) is 11.9. The fourth-order valence-corrected chi connectivity index (χ4v) is 3.88. The van der Waals surface area contributed by atoms with Gasteiger partial charge in [-0.25, -0.2) is 9.78 Å². The Labute approximate surface area is 193 Å². The molecule has 0 saturated carbocycles. The number of H-pyrrole nitrogens is 1. The summed E-state index contributed by atoms with van der Waals surface area (Å²) in [6.45, 7) is 5.82. The SMILES string of the molecule is CCCCCn1c(CCC(=O)NCCc2ccccn2)nc2c1c(=O)[nH]c(=O)n2CCCC. The van der Waals surface area contributed by atoms with E-state index in [9.17, 15) is 14.4 Å². The predicted molar refractivity (Wildman–Crippen MR) is 128 cm³/mol. The number of carbonyl (C=O) groups excluding carboxylic acids is 1. The number of nitrogens with zero attached hydrogens (tertiary/aromatic N) is 4. The van der Waals surface area contributed by atoms with Crippen molar-refractivity contribution >= 4 is 17.1 Å². The van der Waals surface area contributed by atoms with Crippen molar-refractivity contribution in [3.8, 4) is 0 Å². The lowest BCUT2D eigenvalue weighted by Gasteiger charge is -2.09. The molecule has 1 amide bonds. The van der Waals surface area contributed by atoms with E-state index in [0.29, 0.717) is 49.5 Å². The third-order valence-corrected chi connectivity index (χ3v) is 5.69. The van der Waals surface area contributed by atoms with Crippen molar-refractivity contribution in [2.45, 2.75) is 78.3 Å². The summed E-state index contributed by atoms with van der Waals surface area (Å²) in [6, 6.07) is 5.72. The summed E-state index contributed by atoms with van der Waals surface area (Å²) in [7, 11) is 0. The van der Waals surface area contributed by atoms with Crippen LogP contribution in [0, 0.1) is 0 Å². The summed E-state index contributed by atoms with van der Waals surface area (Å²) in [6.07, 6.45) is 7.79. The molecule has 3 aromatic heterocycles. The van der Waals surface area contributed by atoms with Crippen LogP contribution in [0.15, 0.2) is 34.0 Å². The number of aromatic nitrogens is 5. The lowest BCUT2D eigenvalue weighted by atomic mass is 10.2. The number of carbonyl (C=O) groups is 1. The van der Waals surface area contributed by atoms with E-state index in [1.54, 1.807) is 10.8 Å². The number of unbranched alkanes of at least 4 members (excludes halogenated alkanes) is 3. The number of aromatic amines is 1. The maximum atomic E-state index is 12.7. The Kier molecular flexibility index (Phi) is 8.97. The molecule has 0 bridgehead atoms. The van der Waals surface area contributed by atoms with Gasteiger partial charge in [-0.15, -0.1) is 0 Å². The van der Waals surface area contributed by atoms with Gasteiger partial charge in [0.25, 0.3) is 5.56 Å². The zero-order chi connectivity index (χ0) is 23.6. The highest BCUT2D eigenvalue weighted by Gasteiger charge is 2.19. The van der Waals surface area contributed by atoms with Gasteiger partial charge in [0.2, 0.25) is 5.91 Å². The normalized spacial score (nSPS) is 11.2. The minimum absolute atomic E-state index is 0.0737. The number of imidazole rings is 1. The van der Waals surface area contributed by atoms with E-state index in [-0.39, 0.29) is 12.3 Å². The molecule has 0 saturated heterocycles. The Morgan fingerprint density at radius 1 is 1.03 bits per heavy atom. The Morgan fingerprint density at radius 2 is 1.82 bits per heavy atom. The smallest absolute Gasteiger partial charge is 0.330 e. The zero-order valence-electron chi connectivity index (χ0n) is 19.6. The molecule has 33 heavy (non-hydrogen) atoms. The molecule has 178 valence electrons. The van der Waals surface area contributed by atoms with Gasteiger partial charge in [0.15, 0.2) is 11.2 Å². The molecule has 9 nitrogen and oxygen atoms in total. The minimum Gasteiger partial charge on any atom is -0.356 e. The number of pyridine rings is 1. The highest BCUT2D eigenvalue weighted by molar-refractivity contribution is 5.76. The first-order chi connectivity index (χ1) is 16.0. The standard InChI is InChI=1S/C24H34N6O3/c1-3-5-9-17-29-19(11-12-20(31)26-15-13-18-10-7-8-14-25-18)27-22-21(29)23(32)28-24(33)30(22)16-6-4-2/h7-8,10,14H,3-6,9,11-13,15-17H2,1-2H3,(H,26,31)(H,28,32,33). The molecule has 0 spiro atoms. The van der Waals surface area contributed by atoms with Crippen molar-refractivity contribution in [2.75, 3.05) is 6.54 Å². The molecule has 9 heteroatoms. The molecule has 2 N–H and O–H groups in total. The second-order valence-electron chi connectivity index (χ2n) is 8.24. The van der Waals surface area contributed by atoms with E-state index in [1.807, 2.05) is 22.8 Å². The average molecular weight is 455 g/mol. The Balaban J connectivity index is 1.77. The van der Waals surface area contributed by atoms with E-state index in [2.05, 4.69) is 34.1 Å². The molecule has 0 radical (unpaired) electrons. The number of nitrogens with one attached hydrogen (secondary N) is 2. The minimum atomic E-state index is -0.432. The average Bonchev–Trinajstić information content (AvgIpc) is 3.17. The van der Waals surface area contributed by atoms with Gasteiger partial charge >= 0.3 is 5.69 Å². The maximum Gasteiger partial charge on any atom is 0.330 e. The van der Waals surface area contributed by atoms with Gasteiger partial charge in [-0.1, -0.05) is 39.2 Å². The predicted octanol–water partition coefficient (Wildman–Crippen LogP) is 2.56. The number of rotatable bonds is 13. The van der Waals surface area contributed by atoms with Crippen LogP contribution in [0.2, 0.25) is 0 Å². The molecule has 0 aromatic carbocycles. The lowest BCUT2D eigenvalue weighted by Crippen LogP contribution is -2.31. The lowest BCUT2D eigenvalue weighted by molar-refractivity contribution is -0.121. The molecule has 0 aliphatic rings. The van der Waals surface area contributed by atoms with Gasteiger partial charge < -0.3 is 9.88 Å². The van der Waals surface area contributed by atoms with Crippen LogP contribution in [0.25, 0.3) is 11.2 Å². The molecule has 3 rings (SSSR count). The monoisotopic (exact) mass is 454 g/mol. The number of aryl methyl sites for hydroxylation is 3. The van der Waals surface area contributed by atoms with E-state index < -0.39 is 11.2 Å². The summed E-state index contributed by atoms with van der Waals surface area (Å²) >= 11 is 0. The van der Waals surface area contributed by atoms with Gasteiger partial charge in [-0.2, -0.15) is 0 Å². The third kappa shape index (κ3) is 6.40. The first-order valence-corrected chi connectivity index (χ1v) is 11.9. The van der Waals surface area contributed by atoms with E-state index in [0.717, 1.165) is 37.8 Å². The van der Waals surface area contributed by atoms with Crippen LogP contribution in [0.5, 0.6) is 0 Å². The van der Waals surface area contributed by atoms with Crippen molar-refractivity contribution in [3.05, 3.63) is 56.8 Å². The Hall–Kier alpha value is -3.23. The molecular weight excluding hydrogens is 420 g/mol. The number of fused-ring (bicyclic) bond motifs is 1. The van der Waals surface area contributed by atoms with Crippen LogP contribution in [0.4, 0.5) is 0 Å². The van der Waals surface area contributed by atoms with Crippen molar-refractivity contribution < 1.29 is 4.79 Å². The summed E-state index contributed by atoms with van der Waals surface area (Å²) in [4.78, 5) is 48.9. The Morgan fingerprint density at radius 3 is 2.55 bits per heavy atom. The van der Waals surface area contributed by atoms with Crippen LogP contribution in [0.1, 0.15) is 63.9 Å². The number of amides is 1. The molecule has 0 aliphatic heterocycles. The number of hydrogen-bond acceptors (Lipinski definition) is 5. The second kappa shape index (κ2) is 12.1. The zero-order valence-corrected chi connectivity index (χ0v) is 19.6. The van der Waals surface area contributed by atoms with Crippen LogP contribution >= 0.6 is 0 Å². The molecule has 3 heterocycles. The van der Waals surface area contributed by atoms with Crippen LogP contribution in [0.3, 0.4) is 0 Å². The van der Waals surface area contributed by atoms with E-state index in [4.69, 9.17) is 0 Å². The van der Waals surface area contributed by atoms with Gasteiger partial charge in [0.05, 0.1) is 0 Å². The third-order valence-electron chi connectivity index (χ3n) is 5.69. The quantitative estimate of drug-likeness (QED) is 0.385. The van der Waals surface area contributed by atoms with Gasteiger partial charge in [0, 0.05) is 50.8 Å². The van der Waals surface area contributed by atoms with Gasteiger partial charge in [0.1, 0.15) is 5.82 Å². The number of hydrogen-bond donors (Lipinski definition) is 2. The molecular formula is C24H34N6O3. The maximum absolute atomic E-state index is 12.7. The van der Waals surface area contributed by atoms with Gasteiger partial charge in [-0.3, -0.25) is 24.1 Å². The van der Waals surface area contributed by atoms with Crippen molar-refractivity contribution in [3.63, 3.8) is 0 Å². The van der Waals surface area contributed by atoms with Crippen LogP contribution in [-0.2, 0) is 30.7 Å². The summed E-state index contributed by atoms with van der Waals surface area (Å²) in [5.74, 6) is 0.595. The van der Waals surface area contributed by atoms with E-state index >= 15 is 0 Å². The van der Waals surface area contributed by atoms with E-state index in [1.165, 1.54) is 0 Å². The largest absolute Gasteiger partial charge is 0.356 e. The molecule has 0 fully saturated rings. The molecule has 0 unspecified atom stereocenters. The topological polar surface area (TPSA) is 115 Å². The van der Waals surface area contributed by atoms with Crippen molar-refractivity contribution in [1.82, 2.24) is 29.4 Å². The van der Waals surface area contributed by atoms with Crippen molar-refractivity contribution in [2.24, 2.45) is 0 Å². The van der Waals surface area contributed by atoms with Crippen LogP contribution in [-0.4, -0.2) is 36.5 Å². The van der Waals surface area contributed by atoms with Crippen molar-refractivity contribution in [1.29, 1.82) is 0 Å². The second-order valence-corrected chi connectivity index (χ2v) is 8.24. The van der Waals surface area contributed by atoms with Crippen LogP contribution < -0.4 is 16.6 Å².